The number of aromatic amines is 2. The van der Waals surface area contributed by atoms with E-state index in [2.05, 4.69) is 41.2 Å². The lowest BCUT2D eigenvalue weighted by molar-refractivity contribution is 0.165. The van der Waals surface area contributed by atoms with Crippen LogP contribution in [0.5, 0.6) is 0 Å². The van der Waals surface area contributed by atoms with Crippen LogP contribution in [-0.4, -0.2) is 56.6 Å². The number of nitrogens with zero attached hydrogens (tertiary/aromatic N) is 4. The van der Waals surface area contributed by atoms with Gasteiger partial charge in [-0.15, -0.1) is 0 Å². The summed E-state index contributed by atoms with van der Waals surface area (Å²) in [6, 6.07) is 4.22. The van der Waals surface area contributed by atoms with Crippen molar-refractivity contribution in [2.45, 2.75) is 26.8 Å². The van der Waals surface area contributed by atoms with E-state index in [0.29, 0.717) is 13.1 Å². The second kappa shape index (κ2) is 5.61. The van der Waals surface area contributed by atoms with E-state index < -0.39 is 0 Å². The third-order valence-electron chi connectivity index (χ3n) is 4.91. The number of amides is 2. The number of hydrogen-bond donors (Lipinski definition) is 2. The molecule has 4 rings (SSSR count). The van der Waals surface area contributed by atoms with Gasteiger partial charge in [-0.3, -0.25) is 5.10 Å². The number of aryl methyl sites for hydroxylation is 2. The zero-order valence-corrected chi connectivity index (χ0v) is 15.0. The molecule has 0 atom stereocenters. The van der Waals surface area contributed by atoms with E-state index in [1.165, 1.54) is 11.1 Å². The van der Waals surface area contributed by atoms with Crippen LogP contribution in [0.3, 0.4) is 0 Å². The topological polar surface area (TPSA) is 80.9 Å². The van der Waals surface area contributed by atoms with E-state index in [1.54, 1.807) is 19.0 Å². The number of carbonyl (C=O) groups excluding carboxylic acids is 1. The zero-order chi connectivity index (χ0) is 17.7. The van der Waals surface area contributed by atoms with Crippen LogP contribution in [0.1, 0.15) is 22.4 Å². The van der Waals surface area contributed by atoms with Crippen LogP contribution in [0.4, 0.5) is 4.79 Å². The summed E-state index contributed by atoms with van der Waals surface area (Å²) in [7, 11) is 3.55. The Morgan fingerprint density at radius 1 is 1.24 bits per heavy atom. The summed E-state index contributed by atoms with van der Waals surface area (Å²) in [4.78, 5) is 23.8. The molecule has 2 N–H and O–H groups in total. The number of fused-ring (bicyclic) bond motifs is 2. The molecule has 0 saturated heterocycles. The maximum absolute atomic E-state index is 12.3. The van der Waals surface area contributed by atoms with Gasteiger partial charge in [0.15, 0.2) is 5.82 Å². The van der Waals surface area contributed by atoms with Gasteiger partial charge < -0.3 is 14.8 Å². The molecular weight excluding hydrogens is 316 g/mol. The van der Waals surface area contributed by atoms with Crippen LogP contribution < -0.4 is 0 Å². The summed E-state index contributed by atoms with van der Waals surface area (Å²) in [6.07, 6.45) is 0.778. The van der Waals surface area contributed by atoms with Gasteiger partial charge in [-0.05, 0) is 37.1 Å². The molecule has 7 heteroatoms. The van der Waals surface area contributed by atoms with Crippen molar-refractivity contribution >= 4 is 17.1 Å². The van der Waals surface area contributed by atoms with Crippen LogP contribution in [0.2, 0.25) is 0 Å². The number of carbonyl (C=O) groups is 1. The highest BCUT2D eigenvalue weighted by Crippen LogP contribution is 2.29. The van der Waals surface area contributed by atoms with Gasteiger partial charge in [0, 0.05) is 38.3 Å². The van der Waals surface area contributed by atoms with E-state index in [0.717, 1.165) is 40.2 Å². The third kappa shape index (κ3) is 2.56. The molecule has 2 amide bonds. The Morgan fingerprint density at radius 2 is 2.00 bits per heavy atom. The number of H-pyrrole nitrogens is 2. The number of imidazole rings is 1. The fourth-order valence-corrected chi connectivity index (χ4v) is 3.32. The molecule has 0 saturated carbocycles. The van der Waals surface area contributed by atoms with Gasteiger partial charge in [-0.25, -0.2) is 9.78 Å². The predicted octanol–water partition coefficient (Wildman–Crippen LogP) is 2.61. The van der Waals surface area contributed by atoms with Crippen LogP contribution in [0, 0.1) is 13.8 Å². The van der Waals surface area contributed by atoms with Gasteiger partial charge in [-0.1, -0.05) is 0 Å². The maximum atomic E-state index is 12.3. The highest BCUT2D eigenvalue weighted by Gasteiger charge is 2.27. The van der Waals surface area contributed by atoms with Crippen LogP contribution in [-0.2, 0) is 13.0 Å². The van der Waals surface area contributed by atoms with E-state index >= 15 is 0 Å². The van der Waals surface area contributed by atoms with Gasteiger partial charge in [-0.2, -0.15) is 5.10 Å². The molecule has 0 aliphatic carbocycles. The quantitative estimate of drug-likeness (QED) is 0.716. The Balaban J connectivity index is 1.74. The second-order valence-corrected chi connectivity index (χ2v) is 6.92. The van der Waals surface area contributed by atoms with Crippen molar-refractivity contribution in [2.75, 3.05) is 20.6 Å². The van der Waals surface area contributed by atoms with Crippen molar-refractivity contribution in [3.05, 3.63) is 34.5 Å². The summed E-state index contributed by atoms with van der Waals surface area (Å²) in [6.45, 7) is 5.43. The number of hydrogen-bond acceptors (Lipinski definition) is 3. The van der Waals surface area contributed by atoms with E-state index in [4.69, 9.17) is 4.98 Å². The van der Waals surface area contributed by atoms with Gasteiger partial charge in [0.25, 0.3) is 0 Å². The van der Waals surface area contributed by atoms with Gasteiger partial charge in [0.1, 0.15) is 5.69 Å². The minimum absolute atomic E-state index is 0.0219. The Kier molecular flexibility index (Phi) is 3.52. The average Bonchev–Trinajstić information content (AvgIpc) is 3.17. The normalized spacial score (nSPS) is 14.0. The first-order chi connectivity index (χ1) is 11.9. The van der Waals surface area contributed by atoms with Crippen molar-refractivity contribution in [1.82, 2.24) is 30.0 Å². The molecule has 3 heterocycles. The average molecular weight is 338 g/mol. The minimum atomic E-state index is 0.0219. The molecule has 0 spiro atoms. The van der Waals surface area contributed by atoms with Crippen molar-refractivity contribution in [3.63, 3.8) is 0 Å². The number of aromatic nitrogens is 4. The Morgan fingerprint density at radius 3 is 2.76 bits per heavy atom. The molecule has 7 nitrogen and oxygen atoms in total. The molecule has 3 aromatic rings. The minimum Gasteiger partial charge on any atom is -0.337 e. The monoisotopic (exact) mass is 338 g/mol. The number of rotatable bonds is 1. The lowest BCUT2D eigenvalue weighted by Crippen LogP contribution is -2.42. The molecule has 1 aromatic carbocycles. The smallest absolute Gasteiger partial charge is 0.319 e. The van der Waals surface area contributed by atoms with Crippen molar-refractivity contribution in [1.29, 1.82) is 0 Å². The van der Waals surface area contributed by atoms with Crippen LogP contribution in [0.15, 0.2) is 12.1 Å². The second-order valence-electron chi connectivity index (χ2n) is 6.92. The fraction of sp³-hybridized carbons (Fsp3) is 0.389. The van der Waals surface area contributed by atoms with Crippen LogP contribution in [0.25, 0.3) is 22.6 Å². The first-order valence-electron chi connectivity index (χ1n) is 8.43. The number of urea groups is 1. The Hall–Kier alpha value is -2.83. The molecule has 1 aliphatic heterocycles. The molecular formula is C18H22N6O. The van der Waals surface area contributed by atoms with Crippen molar-refractivity contribution < 1.29 is 4.79 Å². The van der Waals surface area contributed by atoms with Crippen LogP contribution >= 0.6 is 0 Å². The summed E-state index contributed by atoms with van der Waals surface area (Å²) in [5, 5.41) is 7.60. The standard InChI is InChI=1S/C18H22N6O/c1-10-7-14-15(8-11(10)2)20-17(19-14)16-12-9-24(18(25)23(3)4)6-5-13(12)21-22-16/h7-8H,5-6,9H2,1-4H3,(H,19,20)(H,21,22). The van der Waals surface area contributed by atoms with E-state index in [1.807, 2.05) is 4.90 Å². The largest absolute Gasteiger partial charge is 0.337 e. The predicted molar refractivity (Wildman–Crippen MR) is 96.3 cm³/mol. The summed E-state index contributed by atoms with van der Waals surface area (Å²) < 4.78 is 0. The maximum Gasteiger partial charge on any atom is 0.319 e. The lowest BCUT2D eigenvalue weighted by Gasteiger charge is -2.29. The molecule has 25 heavy (non-hydrogen) atoms. The zero-order valence-electron chi connectivity index (χ0n) is 15.0. The molecule has 1 aliphatic rings. The third-order valence-corrected chi connectivity index (χ3v) is 4.91. The van der Waals surface area contributed by atoms with E-state index in [9.17, 15) is 4.79 Å². The van der Waals surface area contributed by atoms with Gasteiger partial charge in [0.05, 0.1) is 17.6 Å². The van der Waals surface area contributed by atoms with E-state index in [-0.39, 0.29) is 6.03 Å². The molecule has 0 radical (unpaired) electrons. The van der Waals surface area contributed by atoms with Crippen molar-refractivity contribution in [2.24, 2.45) is 0 Å². The molecule has 2 aromatic heterocycles. The molecule has 0 bridgehead atoms. The summed E-state index contributed by atoms with van der Waals surface area (Å²) in [5.74, 6) is 0.747. The van der Waals surface area contributed by atoms with Crippen molar-refractivity contribution in [3.8, 4) is 11.5 Å². The Labute approximate surface area is 146 Å². The molecule has 0 fully saturated rings. The Bertz CT molecular complexity index is 929. The lowest BCUT2D eigenvalue weighted by atomic mass is 10.1. The highest BCUT2D eigenvalue weighted by molar-refractivity contribution is 5.81. The highest BCUT2D eigenvalue weighted by atomic mass is 16.2. The SMILES string of the molecule is Cc1cc2nc(-c3n[nH]c4c3CN(C(=O)N(C)C)CC4)[nH]c2cc1C. The molecule has 0 unspecified atom stereocenters. The van der Waals surface area contributed by atoms with Gasteiger partial charge >= 0.3 is 6.03 Å². The molecule has 130 valence electrons. The van der Waals surface area contributed by atoms with Gasteiger partial charge in [0.2, 0.25) is 0 Å². The fourth-order valence-electron chi connectivity index (χ4n) is 3.32. The first-order valence-corrected chi connectivity index (χ1v) is 8.43. The number of nitrogens with one attached hydrogen (secondary N) is 2. The summed E-state index contributed by atoms with van der Waals surface area (Å²) in [5.41, 5.74) is 7.34. The number of benzene rings is 1. The first kappa shape index (κ1) is 15.7. The summed E-state index contributed by atoms with van der Waals surface area (Å²) >= 11 is 0.